The summed E-state index contributed by atoms with van der Waals surface area (Å²) < 4.78 is 23.0. The van der Waals surface area contributed by atoms with Crippen LogP contribution in [0, 0.1) is 0 Å². The van der Waals surface area contributed by atoms with Crippen LogP contribution in [0.1, 0.15) is 17.9 Å². The van der Waals surface area contributed by atoms with Gasteiger partial charge in [0.1, 0.15) is 0 Å². The standard InChI is InChI=1S/C10H13NO2S/c12-14(13)11-7-6-10(8-11)9-4-2-1-3-5-9/h1-5,10,14H,6-8H2. The second-order valence-electron chi connectivity index (χ2n) is 3.55. The topological polar surface area (TPSA) is 37.4 Å². The number of rotatable bonds is 2. The molecule has 0 amide bonds. The predicted molar refractivity (Wildman–Crippen MR) is 55.7 cm³/mol. The van der Waals surface area contributed by atoms with Crippen LogP contribution >= 0.6 is 0 Å². The van der Waals surface area contributed by atoms with Crippen molar-refractivity contribution in [1.29, 1.82) is 0 Å². The fourth-order valence-electron chi connectivity index (χ4n) is 1.89. The second kappa shape index (κ2) is 4.11. The van der Waals surface area contributed by atoms with Crippen LogP contribution in [0.15, 0.2) is 30.3 Å². The first-order chi connectivity index (χ1) is 6.77. The van der Waals surface area contributed by atoms with E-state index < -0.39 is 10.9 Å². The van der Waals surface area contributed by atoms with E-state index in [0.717, 1.165) is 6.42 Å². The Kier molecular flexibility index (Phi) is 2.84. The molecule has 1 aromatic rings. The van der Waals surface area contributed by atoms with Gasteiger partial charge in [0.25, 0.3) is 0 Å². The third-order valence-electron chi connectivity index (χ3n) is 2.67. The quantitative estimate of drug-likeness (QED) is 0.741. The van der Waals surface area contributed by atoms with E-state index in [4.69, 9.17) is 0 Å². The number of hydrogen-bond acceptors (Lipinski definition) is 2. The van der Waals surface area contributed by atoms with Crippen LogP contribution in [0.25, 0.3) is 0 Å². The van der Waals surface area contributed by atoms with Gasteiger partial charge in [-0.3, -0.25) is 0 Å². The number of thiol groups is 1. The first-order valence-corrected chi connectivity index (χ1v) is 5.84. The zero-order chi connectivity index (χ0) is 9.97. The molecule has 0 aliphatic carbocycles. The Morgan fingerprint density at radius 2 is 1.93 bits per heavy atom. The predicted octanol–water partition coefficient (Wildman–Crippen LogP) is 1.00. The molecule has 1 unspecified atom stereocenters. The van der Waals surface area contributed by atoms with E-state index in [-0.39, 0.29) is 0 Å². The maximum atomic E-state index is 10.7. The van der Waals surface area contributed by atoms with Crippen molar-refractivity contribution in [2.45, 2.75) is 12.3 Å². The average molecular weight is 211 g/mol. The van der Waals surface area contributed by atoms with Gasteiger partial charge >= 0.3 is 0 Å². The van der Waals surface area contributed by atoms with Crippen molar-refractivity contribution in [3.63, 3.8) is 0 Å². The number of benzene rings is 1. The lowest BCUT2D eigenvalue weighted by Crippen LogP contribution is -2.17. The van der Waals surface area contributed by atoms with E-state index >= 15 is 0 Å². The largest absolute Gasteiger partial charge is 0.215 e. The molecule has 3 nitrogen and oxygen atoms in total. The summed E-state index contributed by atoms with van der Waals surface area (Å²) in [5.41, 5.74) is 1.24. The fraction of sp³-hybridized carbons (Fsp3) is 0.400. The van der Waals surface area contributed by atoms with E-state index in [1.807, 2.05) is 18.2 Å². The van der Waals surface area contributed by atoms with Crippen LogP contribution in [-0.4, -0.2) is 25.8 Å². The zero-order valence-electron chi connectivity index (χ0n) is 7.80. The van der Waals surface area contributed by atoms with Crippen molar-refractivity contribution >= 4 is 10.9 Å². The van der Waals surface area contributed by atoms with Gasteiger partial charge in [0.15, 0.2) is 0 Å². The minimum absolute atomic E-state index is 0.379. The summed E-state index contributed by atoms with van der Waals surface area (Å²) in [6.07, 6.45) is 0.938. The lowest BCUT2D eigenvalue weighted by molar-refractivity contribution is 0.493. The Bertz CT molecular complexity index is 367. The normalized spacial score (nSPS) is 23.1. The highest BCUT2D eigenvalue weighted by atomic mass is 32.2. The molecule has 1 aliphatic heterocycles. The van der Waals surface area contributed by atoms with Crippen molar-refractivity contribution in [3.8, 4) is 0 Å². The van der Waals surface area contributed by atoms with Crippen LogP contribution in [0.5, 0.6) is 0 Å². The molecule has 14 heavy (non-hydrogen) atoms. The van der Waals surface area contributed by atoms with Gasteiger partial charge in [-0.15, -0.1) is 0 Å². The lowest BCUT2D eigenvalue weighted by Gasteiger charge is -2.09. The molecule has 1 aromatic carbocycles. The van der Waals surface area contributed by atoms with Gasteiger partial charge < -0.3 is 0 Å². The molecule has 1 saturated heterocycles. The molecule has 1 fully saturated rings. The SMILES string of the molecule is O=[SH](=O)N1CCC(c2ccccc2)C1. The van der Waals surface area contributed by atoms with E-state index in [9.17, 15) is 8.42 Å². The van der Waals surface area contributed by atoms with Crippen LogP contribution in [0.3, 0.4) is 0 Å². The highest BCUT2D eigenvalue weighted by Gasteiger charge is 2.24. The molecule has 0 aromatic heterocycles. The van der Waals surface area contributed by atoms with Gasteiger partial charge in [0, 0.05) is 13.1 Å². The molecule has 0 spiro atoms. The molecule has 0 saturated carbocycles. The summed E-state index contributed by atoms with van der Waals surface area (Å²) in [6.45, 7) is 1.31. The third-order valence-corrected chi connectivity index (χ3v) is 3.49. The fourth-order valence-corrected chi connectivity index (χ4v) is 2.50. The van der Waals surface area contributed by atoms with Gasteiger partial charge in [-0.2, -0.15) is 0 Å². The van der Waals surface area contributed by atoms with E-state index in [2.05, 4.69) is 12.1 Å². The Labute approximate surface area is 85.4 Å². The van der Waals surface area contributed by atoms with Crippen LogP contribution in [-0.2, 0) is 10.9 Å². The van der Waals surface area contributed by atoms with Gasteiger partial charge in [0.2, 0.25) is 10.9 Å². The highest BCUT2D eigenvalue weighted by Crippen LogP contribution is 2.26. The van der Waals surface area contributed by atoms with Gasteiger partial charge in [-0.05, 0) is 17.9 Å². The maximum absolute atomic E-state index is 10.7. The highest BCUT2D eigenvalue weighted by molar-refractivity contribution is 7.69. The minimum Gasteiger partial charge on any atom is -0.215 e. The molecule has 0 bridgehead atoms. The number of nitrogens with zero attached hydrogens (tertiary/aromatic N) is 1. The summed E-state index contributed by atoms with van der Waals surface area (Å²) in [4.78, 5) is 0. The average Bonchev–Trinajstić information content (AvgIpc) is 2.68. The molecule has 0 radical (unpaired) electrons. The van der Waals surface area contributed by atoms with Crippen molar-refractivity contribution in [1.82, 2.24) is 4.31 Å². The molecule has 0 N–H and O–H groups in total. The summed E-state index contributed by atoms with van der Waals surface area (Å²) in [7, 11) is -2.39. The smallest absolute Gasteiger partial charge is 0.203 e. The lowest BCUT2D eigenvalue weighted by atomic mass is 9.99. The monoisotopic (exact) mass is 211 g/mol. The summed E-state index contributed by atoms with van der Waals surface area (Å²) in [6, 6.07) is 10.1. The zero-order valence-corrected chi connectivity index (χ0v) is 8.69. The summed E-state index contributed by atoms with van der Waals surface area (Å²) >= 11 is 0. The van der Waals surface area contributed by atoms with Crippen LogP contribution < -0.4 is 0 Å². The maximum Gasteiger partial charge on any atom is 0.203 e. The first-order valence-electron chi connectivity index (χ1n) is 4.71. The summed E-state index contributed by atoms with van der Waals surface area (Å²) in [5.74, 6) is 0.379. The molecule has 2 rings (SSSR count). The minimum atomic E-state index is -2.39. The van der Waals surface area contributed by atoms with Gasteiger partial charge in [-0.25, -0.2) is 12.7 Å². The molecule has 1 aliphatic rings. The van der Waals surface area contributed by atoms with E-state index in [0.29, 0.717) is 19.0 Å². The molecule has 1 heterocycles. The van der Waals surface area contributed by atoms with Crippen molar-refractivity contribution in [3.05, 3.63) is 35.9 Å². The van der Waals surface area contributed by atoms with E-state index in [1.54, 1.807) is 0 Å². The van der Waals surface area contributed by atoms with Gasteiger partial charge in [-0.1, -0.05) is 30.3 Å². The van der Waals surface area contributed by atoms with Crippen LogP contribution in [0.2, 0.25) is 0 Å². The molecular weight excluding hydrogens is 198 g/mol. The van der Waals surface area contributed by atoms with Crippen molar-refractivity contribution in [2.24, 2.45) is 0 Å². The molecule has 76 valence electrons. The second-order valence-corrected chi connectivity index (χ2v) is 4.59. The first kappa shape index (κ1) is 9.68. The number of hydrogen-bond donors (Lipinski definition) is 1. The Morgan fingerprint density at radius 1 is 1.21 bits per heavy atom. The molecule has 1 atom stereocenters. The molecular formula is C10H13NO2S. The summed E-state index contributed by atoms with van der Waals surface area (Å²) in [5, 5.41) is 0. The molecule has 4 heteroatoms. The Balaban J connectivity index is 2.10. The Hall–Kier alpha value is -0.870. The Morgan fingerprint density at radius 3 is 2.50 bits per heavy atom. The third kappa shape index (κ3) is 1.96. The van der Waals surface area contributed by atoms with Crippen molar-refractivity contribution < 1.29 is 8.42 Å². The van der Waals surface area contributed by atoms with Crippen molar-refractivity contribution in [2.75, 3.05) is 13.1 Å². The van der Waals surface area contributed by atoms with Crippen LogP contribution in [0.4, 0.5) is 0 Å². The van der Waals surface area contributed by atoms with Gasteiger partial charge in [0.05, 0.1) is 0 Å². The van der Waals surface area contributed by atoms with E-state index in [1.165, 1.54) is 9.87 Å².